The Labute approximate surface area is 133 Å². The van der Waals surface area contributed by atoms with Crippen molar-refractivity contribution in [1.82, 2.24) is 0 Å². The van der Waals surface area contributed by atoms with Crippen molar-refractivity contribution < 1.29 is 20.4 Å². The second kappa shape index (κ2) is 5.93. The first kappa shape index (κ1) is 14.8. The minimum absolute atomic E-state index is 0.186. The number of hydrogen-bond acceptors (Lipinski definition) is 4. The summed E-state index contributed by atoms with van der Waals surface area (Å²) < 4.78 is 0. The van der Waals surface area contributed by atoms with E-state index in [1.165, 1.54) is 24.3 Å². The molecule has 0 aliphatic heterocycles. The molecule has 0 unspecified atom stereocenters. The number of hydrogen-bond donors (Lipinski definition) is 4. The van der Waals surface area contributed by atoms with E-state index in [1.54, 1.807) is 12.1 Å². The van der Waals surface area contributed by atoms with E-state index in [0.29, 0.717) is 0 Å². The minimum atomic E-state index is -0.255. The summed E-state index contributed by atoms with van der Waals surface area (Å²) in [7, 11) is 0. The third-order valence-corrected chi connectivity index (χ3v) is 3.80. The van der Waals surface area contributed by atoms with Crippen molar-refractivity contribution in [3.8, 4) is 23.0 Å². The average molecular weight is 308 g/mol. The predicted octanol–water partition coefficient (Wildman–Crippen LogP) is 3.69. The molecule has 0 spiro atoms. The van der Waals surface area contributed by atoms with Gasteiger partial charge >= 0.3 is 0 Å². The van der Waals surface area contributed by atoms with Gasteiger partial charge in [0.25, 0.3) is 0 Å². The zero-order valence-electron chi connectivity index (χ0n) is 12.2. The zero-order valence-corrected chi connectivity index (χ0v) is 12.2. The molecule has 4 heteroatoms. The number of phenols is 4. The lowest BCUT2D eigenvalue weighted by molar-refractivity contribution is 0.402. The van der Waals surface area contributed by atoms with E-state index < -0.39 is 0 Å². The summed E-state index contributed by atoms with van der Waals surface area (Å²) in [5.74, 6) is -1.03. The molecule has 0 saturated carbocycles. The van der Waals surface area contributed by atoms with Crippen LogP contribution >= 0.6 is 0 Å². The number of rotatable bonds is 3. The molecule has 0 radical (unpaired) electrons. The summed E-state index contributed by atoms with van der Waals surface area (Å²) in [6.45, 7) is 0. The molecule has 4 N–H and O–H groups in total. The molecule has 0 aromatic heterocycles. The van der Waals surface area contributed by atoms with Crippen LogP contribution in [-0.4, -0.2) is 20.4 Å². The van der Waals surface area contributed by atoms with E-state index in [9.17, 15) is 20.4 Å². The topological polar surface area (TPSA) is 80.9 Å². The average Bonchev–Trinajstić information content (AvgIpc) is 2.55. The molecule has 0 fully saturated rings. The summed E-state index contributed by atoms with van der Waals surface area (Å²) >= 11 is 0. The van der Waals surface area contributed by atoms with Gasteiger partial charge in [-0.2, -0.15) is 0 Å². The van der Waals surface area contributed by atoms with Crippen LogP contribution in [0, 0.1) is 0 Å². The maximum Gasteiger partial charge on any atom is 0.157 e. The molecule has 116 valence electrons. The Morgan fingerprint density at radius 1 is 0.478 bits per heavy atom. The summed E-state index contributed by atoms with van der Waals surface area (Å²) in [6.07, 6.45) is 0. The lowest BCUT2D eigenvalue weighted by Gasteiger charge is -2.19. The molecule has 0 heterocycles. The molecule has 3 rings (SSSR count). The fourth-order valence-corrected chi connectivity index (χ4v) is 2.66. The molecule has 0 amide bonds. The van der Waals surface area contributed by atoms with Crippen LogP contribution in [0.5, 0.6) is 23.0 Å². The second-order valence-corrected chi connectivity index (χ2v) is 5.34. The van der Waals surface area contributed by atoms with Crippen molar-refractivity contribution in [2.45, 2.75) is 5.92 Å². The highest BCUT2D eigenvalue weighted by Crippen LogP contribution is 2.38. The van der Waals surface area contributed by atoms with Gasteiger partial charge in [0.2, 0.25) is 0 Å². The Morgan fingerprint density at radius 3 is 1.39 bits per heavy atom. The second-order valence-electron chi connectivity index (χ2n) is 5.34. The Kier molecular flexibility index (Phi) is 3.81. The molecule has 0 saturated heterocycles. The largest absolute Gasteiger partial charge is 0.504 e. The number of aromatic hydroxyl groups is 4. The molecule has 0 atom stereocenters. The SMILES string of the molecule is Oc1ccc(C(c2ccccc2)c2ccc(O)c(O)c2)cc1O. The number of benzene rings is 3. The van der Waals surface area contributed by atoms with Crippen LogP contribution in [0.3, 0.4) is 0 Å². The summed E-state index contributed by atoms with van der Waals surface area (Å²) in [5, 5.41) is 38.7. The molecule has 23 heavy (non-hydrogen) atoms. The van der Waals surface area contributed by atoms with Crippen LogP contribution in [0.25, 0.3) is 0 Å². The van der Waals surface area contributed by atoms with Gasteiger partial charge in [-0.05, 0) is 41.0 Å². The van der Waals surface area contributed by atoms with Gasteiger partial charge in [0.15, 0.2) is 23.0 Å². The molecule has 0 aliphatic rings. The molecular weight excluding hydrogens is 292 g/mol. The number of phenolic OH excluding ortho intramolecular Hbond substituents is 4. The predicted molar refractivity (Wildman–Crippen MR) is 86.9 cm³/mol. The highest BCUT2D eigenvalue weighted by Gasteiger charge is 2.19. The van der Waals surface area contributed by atoms with Crippen LogP contribution in [0.1, 0.15) is 22.6 Å². The Bertz CT molecular complexity index is 777. The van der Waals surface area contributed by atoms with Gasteiger partial charge in [-0.1, -0.05) is 42.5 Å². The lowest BCUT2D eigenvalue weighted by atomic mass is 9.85. The highest BCUT2D eigenvalue weighted by atomic mass is 16.3. The Hall–Kier alpha value is -3.14. The van der Waals surface area contributed by atoms with Crippen LogP contribution < -0.4 is 0 Å². The zero-order chi connectivity index (χ0) is 16.4. The highest BCUT2D eigenvalue weighted by molar-refractivity contribution is 5.51. The monoisotopic (exact) mass is 308 g/mol. The maximum absolute atomic E-state index is 9.80. The summed E-state index contributed by atoms with van der Waals surface area (Å²) in [6, 6.07) is 18.9. The lowest BCUT2D eigenvalue weighted by Crippen LogP contribution is -2.03. The first-order chi connectivity index (χ1) is 11.1. The quantitative estimate of drug-likeness (QED) is 0.439. The molecular formula is C19H16O4. The van der Waals surface area contributed by atoms with Crippen molar-refractivity contribution in [2.24, 2.45) is 0 Å². The fraction of sp³-hybridized carbons (Fsp3) is 0.0526. The van der Waals surface area contributed by atoms with E-state index in [4.69, 9.17) is 0 Å². The third kappa shape index (κ3) is 2.92. The van der Waals surface area contributed by atoms with Gasteiger partial charge in [0, 0.05) is 5.92 Å². The van der Waals surface area contributed by atoms with Crippen molar-refractivity contribution in [2.75, 3.05) is 0 Å². The van der Waals surface area contributed by atoms with Gasteiger partial charge < -0.3 is 20.4 Å². The summed E-state index contributed by atoms with van der Waals surface area (Å²) in [4.78, 5) is 0. The molecule has 3 aromatic carbocycles. The Balaban J connectivity index is 2.17. The molecule has 4 nitrogen and oxygen atoms in total. The molecule has 0 bridgehead atoms. The van der Waals surface area contributed by atoms with E-state index in [-0.39, 0.29) is 28.9 Å². The van der Waals surface area contributed by atoms with Crippen LogP contribution in [-0.2, 0) is 0 Å². The molecule has 3 aromatic rings. The van der Waals surface area contributed by atoms with Crippen molar-refractivity contribution in [3.63, 3.8) is 0 Å². The first-order valence-electron chi connectivity index (χ1n) is 7.15. The molecule has 0 aliphatic carbocycles. The van der Waals surface area contributed by atoms with Gasteiger partial charge in [0.05, 0.1) is 0 Å². The third-order valence-electron chi connectivity index (χ3n) is 3.80. The minimum Gasteiger partial charge on any atom is -0.504 e. The van der Waals surface area contributed by atoms with Crippen LogP contribution in [0.2, 0.25) is 0 Å². The fourth-order valence-electron chi connectivity index (χ4n) is 2.66. The summed E-state index contributed by atoms with van der Waals surface area (Å²) in [5.41, 5.74) is 2.48. The Morgan fingerprint density at radius 2 is 0.957 bits per heavy atom. The first-order valence-corrected chi connectivity index (χ1v) is 7.15. The smallest absolute Gasteiger partial charge is 0.157 e. The maximum atomic E-state index is 9.80. The van der Waals surface area contributed by atoms with Crippen molar-refractivity contribution in [1.29, 1.82) is 0 Å². The van der Waals surface area contributed by atoms with Crippen molar-refractivity contribution >= 4 is 0 Å². The van der Waals surface area contributed by atoms with E-state index >= 15 is 0 Å². The van der Waals surface area contributed by atoms with Gasteiger partial charge in [-0.25, -0.2) is 0 Å². The van der Waals surface area contributed by atoms with E-state index in [2.05, 4.69) is 0 Å². The van der Waals surface area contributed by atoms with Crippen molar-refractivity contribution in [3.05, 3.63) is 83.4 Å². The van der Waals surface area contributed by atoms with Gasteiger partial charge in [0.1, 0.15) is 0 Å². The van der Waals surface area contributed by atoms with Crippen LogP contribution in [0.4, 0.5) is 0 Å². The van der Waals surface area contributed by atoms with Gasteiger partial charge in [-0.3, -0.25) is 0 Å². The normalized spacial score (nSPS) is 10.8. The standard InChI is InChI=1S/C19H16O4/c20-15-8-6-13(10-17(15)22)19(12-4-2-1-3-5-12)14-7-9-16(21)18(23)11-14/h1-11,19-23H. The van der Waals surface area contributed by atoms with E-state index in [0.717, 1.165) is 16.7 Å². The van der Waals surface area contributed by atoms with Gasteiger partial charge in [-0.15, -0.1) is 0 Å². The van der Waals surface area contributed by atoms with Crippen LogP contribution in [0.15, 0.2) is 66.7 Å². The van der Waals surface area contributed by atoms with E-state index in [1.807, 2.05) is 30.3 Å².